The summed E-state index contributed by atoms with van der Waals surface area (Å²) in [6, 6.07) is 17.6. The van der Waals surface area contributed by atoms with Crippen molar-refractivity contribution in [2.45, 2.75) is 6.92 Å². The molecule has 22 heavy (non-hydrogen) atoms. The van der Waals surface area contributed by atoms with Crippen LogP contribution in [0.4, 0.5) is 11.6 Å². The minimum absolute atomic E-state index is 0.524. The molecule has 1 heterocycles. The molecule has 0 saturated carbocycles. The zero-order chi connectivity index (χ0) is 15.4. The molecule has 0 aliphatic rings. The summed E-state index contributed by atoms with van der Waals surface area (Å²) in [6.45, 7) is 1.78. The van der Waals surface area contributed by atoms with E-state index in [1.165, 1.54) is 0 Å². The molecular weight excluding hydrogens is 276 g/mol. The molecule has 0 aliphatic heterocycles. The highest BCUT2D eigenvalue weighted by molar-refractivity contribution is 5.81. The smallest absolute Gasteiger partial charge is 0.250 e. The van der Waals surface area contributed by atoms with Gasteiger partial charge in [-0.3, -0.25) is 5.43 Å². The molecule has 3 aromatic rings. The predicted molar refractivity (Wildman–Crippen MR) is 88.4 cm³/mol. The molecular formula is C16H16N6. The highest BCUT2D eigenvalue weighted by Gasteiger charge is 2.05. The van der Waals surface area contributed by atoms with Crippen LogP contribution in [0, 0.1) is 0 Å². The van der Waals surface area contributed by atoms with E-state index in [1.54, 1.807) is 6.92 Å². The average molecular weight is 292 g/mol. The largest absolute Gasteiger partial charge is 0.310 e. The van der Waals surface area contributed by atoms with Gasteiger partial charge in [-0.25, -0.2) is 4.98 Å². The fraction of sp³-hybridized carbons (Fsp3) is 0.125. The zero-order valence-electron chi connectivity index (χ0n) is 12.4. The van der Waals surface area contributed by atoms with Crippen molar-refractivity contribution in [3.05, 3.63) is 54.6 Å². The first-order valence-corrected chi connectivity index (χ1v) is 6.92. The summed E-state index contributed by atoms with van der Waals surface area (Å²) in [6.07, 6.45) is 0. The highest BCUT2D eigenvalue weighted by Crippen LogP contribution is 2.19. The molecule has 0 aliphatic carbocycles. The van der Waals surface area contributed by atoms with Gasteiger partial charge in [-0.15, -0.1) is 10.2 Å². The van der Waals surface area contributed by atoms with Crippen molar-refractivity contribution < 1.29 is 0 Å². The normalized spacial score (nSPS) is 12.2. The third-order valence-corrected chi connectivity index (χ3v) is 3.17. The summed E-state index contributed by atoms with van der Waals surface area (Å²) >= 11 is 0. The van der Waals surface area contributed by atoms with Gasteiger partial charge in [0.2, 0.25) is 5.95 Å². The number of para-hydroxylation sites is 3. The molecule has 6 nitrogen and oxygen atoms in total. The van der Waals surface area contributed by atoms with Gasteiger partial charge in [-0.05, 0) is 31.2 Å². The molecule has 1 aromatic heterocycles. The molecule has 110 valence electrons. The summed E-state index contributed by atoms with van der Waals surface area (Å²) in [4.78, 5) is 4.43. The van der Waals surface area contributed by atoms with Crippen LogP contribution in [-0.4, -0.2) is 15.4 Å². The van der Waals surface area contributed by atoms with E-state index in [1.807, 2.05) is 66.2 Å². The lowest BCUT2D eigenvalue weighted by Crippen LogP contribution is -1.94. The van der Waals surface area contributed by atoms with Gasteiger partial charge in [0.05, 0.1) is 16.7 Å². The van der Waals surface area contributed by atoms with Crippen molar-refractivity contribution in [3.8, 4) is 0 Å². The molecule has 0 spiro atoms. The second-order valence-electron chi connectivity index (χ2n) is 4.80. The quantitative estimate of drug-likeness (QED) is 0.342. The van der Waals surface area contributed by atoms with Crippen LogP contribution >= 0.6 is 0 Å². The van der Waals surface area contributed by atoms with Crippen LogP contribution < -0.4 is 5.43 Å². The Labute approximate surface area is 128 Å². The van der Waals surface area contributed by atoms with Crippen molar-refractivity contribution in [1.29, 1.82) is 0 Å². The predicted octanol–water partition coefficient (Wildman–Crippen LogP) is 4.10. The first-order chi connectivity index (χ1) is 10.7. The fourth-order valence-electron chi connectivity index (χ4n) is 2.02. The number of imidazole rings is 1. The molecule has 0 unspecified atom stereocenters. The maximum atomic E-state index is 4.43. The van der Waals surface area contributed by atoms with Crippen LogP contribution in [0.15, 0.2) is 69.9 Å². The Bertz CT molecular complexity index is 832. The van der Waals surface area contributed by atoms with Crippen LogP contribution in [0.3, 0.4) is 0 Å². The van der Waals surface area contributed by atoms with E-state index >= 15 is 0 Å². The lowest BCUT2D eigenvalue weighted by Gasteiger charge is -1.99. The lowest BCUT2D eigenvalue weighted by atomic mass is 10.3. The Morgan fingerprint density at radius 3 is 2.55 bits per heavy atom. The minimum Gasteiger partial charge on any atom is -0.310 e. The molecule has 6 heteroatoms. The Morgan fingerprint density at radius 2 is 1.77 bits per heavy atom. The molecule has 0 radical (unpaired) electrons. The number of aromatic nitrogens is 2. The van der Waals surface area contributed by atoms with Crippen molar-refractivity contribution >= 4 is 28.5 Å². The number of anilines is 1. The standard InChI is InChI=1S/C16H16N6/c1-12(18-20-13-8-4-3-5-9-13)19-21-16-17-14-10-6-7-11-15(14)22(16)2/h3-11,20H,1-2H3. The number of nitrogens with zero attached hydrogens (tertiary/aromatic N) is 5. The summed E-state index contributed by atoms with van der Waals surface area (Å²) < 4.78 is 1.90. The van der Waals surface area contributed by atoms with Crippen LogP contribution in [0.1, 0.15) is 6.92 Å². The summed E-state index contributed by atoms with van der Waals surface area (Å²) in [5, 5.41) is 12.4. The number of fused-ring (bicyclic) bond motifs is 1. The van der Waals surface area contributed by atoms with E-state index in [4.69, 9.17) is 0 Å². The Balaban J connectivity index is 1.76. The number of rotatable bonds is 3. The van der Waals surface area contributed by atoms with Crippen LogP contribution in [0.25, 0.3) is 11.0 Å². The fourth-order valence-corrected chi connectivity index (χ4v) is 2.02. The van der Waals surface area contributed by atoms with Gasteiger partial charge < -0.3 is 4.57 Å². The number of hydrazone groups is 1. The molecule has 0 fully saturated rings. The van der Waals surface area contributed by atoms with Gasteiger partial charge >= 0.3 is 0 Å². The van der Waals surface area contributed by atoms with Gasteiger partial charge in [0.15, 0.2) is 5.84 Å². The zero-order valence-corrected chi connectivity index (χ0v) is 12.4. The van der Waals surface area contributed by atoms with E-state index in [0.29, 0.717) is 11.8 Å². The third kappa shape index (κ3) is 3.01. The van der Waals surface area contributed by atoms with Crippen molar-refractivity contribution in [3.63, 3.8) is 0 Å². The second-order valence-corrected chi connectivity index (χ2v) is 4.80. The molecule has 0 saturated heterocycles. The van der Waals surface area contributed by atoms with Gasteiger partial charge in [0.25, 0.3) is 0 Å². The second kappa shape index (κ2) is 6.17. The first-order valence-electron chi connectivity index (χ1n) is 6.92. The number of azo groups is 1. The van der Waals surface area contributed by atoms with Gasteiger partial charge in [0, 0.05) is 7.05 Å². The van der Waals surface area contributed by atoms with Gasteiger partial charge in [-0.2, -0.15) is 5.10 Å². The number of nitrogens with one attached hydrogen (secondary N) is 1. The highest BCUT2D eigenvalue weighted by atomic mass is 15.3. The van der Waals surface area contributed by atoms with Crippen LogP contribution in [0.2, 0.25) is 0 Å². The first kappa shape index (κ1) is 13.9. The number of aryl methyl sites for hydroxylation is 1. The summed E-state index contributed by atoms with van der Waals surface area (Å²) in [7, 11) is 1.92. The number of amidine groups is 1. The molecule has 0 bridgehead atoms. The van der Waals surface area contributed by atoms with Crippen LogP contribution in [-0.2, 0) is 7.05 Å². The van der Waals surface area contributed by atoms with E-state index in [9.17, 15) is 0 Å². The van der Waals surface area contributed by atoms with Gasteiger partial charge in [0.1, 0.15) is 0 Å². The maximum absolute atomic E-state index is 4.43. The third-order valence-electron chi connectivity index (χ3n) is 3.17. The average Bonchev–Trinajstić information content (AvgIpc) is 2.88. The summed E-state index contributed by atoms with van der Waals surface area (Å²) in [5.41, 5.74) is 5.75. The van der Waals surface area contributed by atoms with E-state index in [-0.39, 0.29) is 0 Å². The molecule has 0 atom stereocenters. The molecule has 3 rings (SSSR count). The Hall–Kier alpha value is -3.02. The van der Waals surface area contributed by atoms with E-state index < -0.39 is 0 Å². The molecule has 1 N–H and O–H groups in total. The number of benzene rings is 2. The monoisotopic (exact) mass is 292 g/mol. The summed E-state index contributed by atoms with van der Waals surface area (Å²) in [5.74, 6) is 1.08. The van der Waals surface area contributed by atoms with Crippen LogP contribution in [0.5, 0.6) is 0 Å². The number of hydrogen-bond acceptors (Lipinski definition) is 4. The number of hydrogen-bond donors (Lipinski definition) is 1. The lowest BCUT2D eigenvalue weighted by molar-refractivity contribution is 0.923. The minimum atomic E-state index is 0.524. The van der Waals surface area contributed by atoms with Crippen molar-refractivity contribution in [2.24, 2.45) is 22.4 Å². The van der Waals surface area contributed by atoms with Crippen molar-refractivity contribution in [2.75, 3.05) is 5.43 Å². The Morgan fingerprint density at radius 1 is 1.05 bits per heavy atom. The maximum Gasteiger partial charge on any atom is 0.250 e. The van der Waals surface area contributed by atoms with E-state index in [0.717, 1.165) is 16.7 Å². The topological polar surface area (TPSA) is 66.9 Å². The van der Waals surface area contributed by atoms with Gasteiger partial charge in [-0.1, -0.05) is 30.3 Å². The molecule has 2 aromatic carbocycles. The Kier molecular flexibility index (Phi) is 3.91. The molecule has 0 amide bonds. The van der Waals surface area contributed by atoms with E-state index in [2.05, 4.69) is 25.7 Å². The SMILES string of the molecule is CC(N=Nc1nc2ccccc2n1C)=NNc1ccccc1. The van der Waals surface area contributed by atoms with Crippen molar-refractivity contribution in [1.82, 2.24) is 9.55 Å².